The molecule has 0 atom stereocenters. The first kappa shape index (κ1) is 17.9. The van der Waals surface area contributed by atoms with Gasteiger partial charge in [-0.15, -0.1) is 0 Å². The third-order valence-corrected chi connectivity index (χ3v) is 4.05. The van der Waals surface area contributed by atoms with Gasteiger partial charge in [0.2, 0.25) is 5.82 Å². The van der Waals surface area contributed by atoms with Gasteiger partial charge in [-0.2, -0.15) is 4.98 Å². The van der Waals surface area contributed by atoms with Gasteiger partial charge in [0.15, 0.2) is 18.1 Å². The van der Waals surface area contributed by atoms with Gasteiger partial charge in [-0.25, -0.2) is 4.79 Å². The lowest BCUT2D eigenvalue weighted by Gasteiger charge is -2.11. The standard InChI is InChI=1S/C18H15BrN2O5/c1-23-14-5-3-4-13(16(14)24-2)18(22)25-10-15-20-17(21-26-15)11-6-8-12(19)9-7-11/h3-9H,10H2,1-2H3. The number of methoxy groups -OCH3 is 2. The molecule has 8 heteroatoms. The number of benzene rings is 2. The van der Waals surface area contributed by atoms with Crippen LogP contribution in [0.1, 0.15) is 16.2 Å². The average molecular weight is 419 g/mol. The topological polar surface area (TPSA) is 83.7 Å². The molecule has 0 aliphatic heterocycles. The minimum absolute atomic E-state index is 0.150. The first-order valence-corrected chi connectivity index (χ1v) is 8.38. The molecule has 1 aromatic heterocycles. The Kier molecular flexibility index (Phi) is 5.52. The second kappa shape index (κ2) is 8.01. The normalized spacial score (nSPS) is 10.4. The molecule has 0 unspecified atom stereocenters. The Labute approximate surface area is 158 Å². The number of nitrogens with zero attached hydrogens (tertiary/aromatic N) is 2. The van der Waals surface area contributed by atoms with Crippen molar-refractivity contribution in [2.45, 2.75) is 6.61 Å². The third-order valence-electron chi connectivity index (χ3n) is 3.52. The summed E-state index contributed by atoms with van der Waals surface area (Å²) in [5.74, 6) is 0.781. The van der Waals surface area contributed by atoms with Crippen LogP contribution in [0.4, 0.5) is 0 Å². The second-order valence-corrected chi connectivity index (χ2v) is 6.05. The summed E-state index contributed by atoms with van der Waals surface area (Å²) >= 11 is 3.37. The van der Waals surface area contributed by atoms with E-state index in [1.165, 1.54) is 14.2 Å². The van der Waals surface area contributed by atoms with Crippen molar-refractivity contribution in [2.75, 3.05) is 14.2 Å². The van der Waals surface area contributed by atoms with Crippen LogP contribution in [0.5, 0.6) is 11.5 Å². The molecule has 0 amide bonds. The number of aromatic nitrogens is 2. The van der Waals surface area contributed by atoms with Gasteiger partial charge in [-0.3, -0.25) is 0 Å². The minimum atomic E-state index is -0.579. The van der Waals surface area contributed by atoms with E-state index in [1.807, 2.05) is 24.3 Å². The van der Waals surface area contributed by atoms with E-state index in [2.05, 4.69) is 26.1 Å². The zero-order valence-corrected chi connectivity index (χ0v) is 15.6. The maximum absolute atomic E-state index is 12.3. The van der Waals surface area contributed by atoms with E-state index in [0.717, 1.165) is 10.0 Å². The molecule has 0 N–H and O–H groups in total. The summed E-state index contributed by atoms with van der Waals surface area (Å²) in [6.45, 7) is -0.150. The van der Waals surface area contributed by atoms with Crippen LogP contribution in [0.3, 0.4) is 0 Å². The fraction of sp³-hybridized carbons (Fsp3) is 0.167. The van der Waals surface area contributed by atoms with Crippen LogP contribution in [0.15, 0.2) is 51.5 Å². The maximum Gasteiger partial charge on any atom is 0.342 e. The third kappa shape index (κ3) is 3.85. The highest BCUT2D eigenvalue weighted by molar-refractivity contribution is 9.10. The lowest BCUT2D eigenvalue weighted by Crippen LogP contribution is -2.08. The number of carbonyl (C=O) groups excluding carboxylic acids is 1. The van der Waals surface area contributed by atoms with Gasteiger partial charge in [0.05, 0.1) is 14.2 Å². The van der Waals surface area contributed by atoms with Crippen molar-refractivity contribution in [1.29, 1.82) is 0 Å². The highest BCUT2D eigenvalue weighted by atomic mass is 79.9. The van der Waals surface area contributed by atoms with Gasteiger partial charge < -0.3 is 18.7 Å². The number of rotatable bonds is 6. The van der Waals surface area contributed by atoms with E-state index in [-0.39, 0.29) is 18.1 Å². The van der Waals surface area contributed by atoms with Crippen LogP contribution in [-0.2, 0) is 11.3 Å². The quantitative estimate of drug-likeness (QED) is 0.561. The van der Waals surface area contributed by atoms with Crippen LogP contribution in [0, 0.1) is 0 Å². The monoisotopic (exact) mass is 418 g/mol. The van der Waals surface area contributed by atoms with Crippen molar-refractivity contribution in [3.05, 3.63) is 58.4 Å². The smallest absolute Gasteiger partial charge is 0.342 e. The highest BCUT2D eigenvalue weighted by Crippen LogP contribution is 2.31. The van der Waals surface area contributed by atoms with E-state index in [1.54, 1.807) is 18.2 Å². The van der Waals surface area contributed by atoms with Crippen LogP contribution in [0.25, 0.3) is 11.4 Å². The molecule has 0 aliphatic rings. The Hall–Kier alpha value is -2.87. The van der Waals surface area contributed by atoms with E-state index in [9.17, 15) is 4.79 Å². The van der Waals surface area contributed by atoms with E-state index < -0.39 is 5.97 Å². The summed E-state index contributed by atoms with van der Waals surface area (Å²) in [6, 6.07) is 12.4. The number of halogens is 1. The molecule has 134 valence electrons. The molecule has 0 saturated carbocycles. The lowest BCUT2D eigenvalue weighted by molar-refractivity contribution is 0.0425. The molecule has 0 aliphatic carbocycles. The van der Waals surface area contributed by atoms with Gasteiger partial charge in [0.25, 0.3) is 5.89 Å². The van der Waals surface area contributed by atoms with Crippen LogP contribution in [0.2, 0.25) is 0 Å². The molecule has 2 aromatic carbocycles. The number of ether oxygens (including phenoxy) is 3. The number of esters is 1. The number of hydrogen-bond acceptors (Lipinski definition) is 7. The molecule has 3 aromatic rings. The van der Waals surface area contributed by atoms with E-state index >= 15 is 0 Å². The summed E-state index contributed by atoms with van der Waals surface area (Å²) in [5, 5.41) is 3.89. The molecule has 7 nitrogen and oxygen atoms in total. The predicted molar refractivity (Wildman–Crippen MR) is 96.1 cm³/mol. The van der Waals surface area contributed by atoms with E-state index in [0.29, 0.717) is 17.3 Å². The van der Waals surface area contributed by atoms with Gasteiger partial charge >= 0.3 is 5.97 Å². The molecule has 1 heterocycles. The van der Waals surface area contributed by atoms with Crippen LogP contribution < -0.4 is 9.47 Å². The molecule has 0 spiro atoms. The van der Waals surface area contributed by atoms with Crippen LogP contribution >= 0.6 is 15.9 Å². The summed E-state index contributed by atoms with van der Waals surface area (Å²) < 4.78 is 21.7. The zero-order valence-electron chi connectivity index (χ0n) is 14.1. The largest absolute Gasteiger partial charge is 0.493 e. The van der Waals surface area contributed by atoms with Crippen molar-refractivity contribution in [3.63, 3.8) is 0 Å². The lowest BCUT2D eigenvalue weighted by atomic mass is 10.2. The highest BCUT2D eigenvalue weighted by Gasteiger charge is 2.19. The predicted octanol–water partition coefficient (Wildman–Crippen LogP) is 3.87. The molecule has 3 rings (SSSR count). The fourth-order valence-electron chi connectivity index (χ4n) is 2.28. The molecule has 0 fully saturated rings. The van der Waals surface area contributed by atoms with Gasteiger partial charge in [0, 0.05) is 10.0 Å². The molecule has 0 saturated heterocycles. The fourth-order valence-corrected chi connectivity index (χ4v) is 2.55. The van der Waals surface area contributed by atoms with Crippen molar-refractivity contribution in [3.8, 4) is 22.9 Å². The Bertz CT molecular complexity index is 908. The Balaban J connectivity index is 1.70. The average Bonchev–Trinajstić information content (AvgIpc) is 3.14. The summed E-state index contributed by atoms with van der Waals surface area (Å²) in [4.78, 5) is 16.6. The van der Waals surface area contributed by atoms with Crippen molar-refractivity contribution >= 4 is 21.9 Å². The SMILES string of the molecule is COc1cccc(C(=O)OCc2nc(-c3ccc(Br)cc3)no2)c1OC. The van der Waals surface area contributed by atoms with Gasteiger partial charge in [-0.1, -0.05) is 27.2 Å². The second-order valence-electron chi connectivity index (χ2n) is 5.14. The first-order chi connectivity index (χ1) is 12.6. The molecular weight excluding hydrogens is 404 g/mol. The Morgan fingerprint density at radius 1 is 1.12 bits per heavy atom. The molecule has 0 radical (unpaired) electrons. The Morgan fingerprint density at radius 2 is 1.88 bits per heavy atom. The molecular formula is C18H15BrN2O5. The number of carbonyl (C=O) groups is 1. The van der Waals surface area contributed by atoms with Crippen LogP contribution in [-0.4, -0.2) is 30.3 Å². The first-order valence-electron chi connectivity index (χ1n) is 7.59. The van der Waals surface area contributed by atoms with Crippen molar-refractivity contribution in [1.82, 2.24) is 10.1 Å². The number of hydrogen-bond donors (Lipinski definition) is 0. The van der Waals surface area contributed by atoms with Crippen molar-refractivity contribution < 1.29 is 23.5 Å². The molecule has 26 heavy (non-hydrogen) atoms. The summed E-state index contributed by atoms with van der Waals surface area (Å²) in [6.07, 6.45) is 0. The minimum Gasteiger partial charge on any atom is -0.493 e. The van der Waals surface area contributed by atoms with Crippen molar-refractivity contribution in [2.24, 2.45) is 0 Å². The maximum atomic E-state index is 12.3. The zero-order chi connectivity index (χ0) is 18.5. The van der Waals surface area contributed by atoms with E-state index in [4.69, 9.17) is 18.7 Å². The Morgan fingerprint density at radius 3 is 2.58 bits per heavy atom. The van der Waals surface area contributed by atoms with Gasteiger partial charge in [0.1, 0.15) is 5.56 Å². The van der Waals surface area contributed by atoms with Gasteiger partial charge in [-0.05, 0) is 36.4 Å². The summed E-state index contributed by atoms with van der Waals surface area (Å²) in [7, 11) is 2.95. The number of para-hydroxylation sites is 1. The summed E-state index contributed by atoms with van der Waals surface area (Å²) in [5.41, 5.74) is 1.04. The molecule has 0 bridgehead atoms.